The lowest BCUT2D eigenvalue weighted by atomic mass is 10.2. The highest BCUT2D eigenvalue weighted by Gasteiger charge is 1.96. The summed E-state index contributed by atoms with van der Waals surface area (Å²) in [5.74, 6) is 0. The zero-order valence-electron chi connectivity index (χ0n) is 9.79. The van der Waals surface area contributed by atoms with E-state index in [1.807, 2.05) is 0 Å². The van der Waals surface area contributed by atoms with Gasteiger partial charge < -0.3 is 15.0 Å². The van der Waals surface area contributed by atoms with Gasteiger partial charge in [-0.05, 0) is 31.8 Å². The van der Waals surface area contributed by atoms with E-state index in [1.165, 1.54) is 5.56 Å². The number of nitrogens with zero attached hydrogens (tertiary/aromatic N) is 1. The zero-order chi connectivity index (χ0) is 11.1. The van der Waals surface area contributed by atoms with E-state index in [0.717, 1.165) is 25.4 Å². The molecule has 0 saturated carbocycles. The van der Waals surface area contributed by atoms with Crippen molar-refractivity contribution >= 4 is 5.69 Å². The normalized spacial score (nSPS) is 10.7. The molecule has 0 amide bonds. The summed E-state index contributed by atoms with van der Waals surface area (Å²) >= 11 is 0. The molecule has 0 atom stereocenters. The number of hydrogen-bond donors (Lipinski definition) is 1. The minimum Gasteiger partial charge on any atom is -0.383 e. The standard InChI is InChI=1S/C12H20N2O/c1-14(2)10-11-5-4-6-12(9-11)13-7-8-15-3/h4-6,9,13H,7-8,10H2,1-3H3. The van der Waals surface area contributed by atoms with Gasteiger partial charge in [-0.15, -0.1) is 0 Å². The van der Waals surface area contributed by atoms with Crippen molar-refractivity contribution < 1.29 is 4.74 Å². The second kappa shape index (κ2) is 6.43. The Morgan fingerprint density at radius 2 is 2.13 bits per heavy atom. The van der Waals surface area contributed by atoms with Gasteiger partial charge in [0.05, 0.1) is 6.61 Å². The Morgan fingerprint density at radius 3 is 2.80 bits per heavy atom. The molecule has 3 nitrogen and oxygen atoms in total. The summed E-state index contributed by atoms with van der Waals surface area (Å²) in [4.78, 5) is 2.16. The fraction of sp³-hybridized carbons (Fsp3) is 0.500. The van der Waals surface area contributed by atoms with Crippen LogP contribution in [0, 0.1) is 0 Å². The Balaban J connectivity index is 2.50. The summed E-state index contributed by atoms with van der Waals surface area (Å²) in [7, 11) is 5.86. The molecule has 84 valence electrons. The first-order valence-corrected chi connectivity index (χ1v) is 5.19. The first-order chi connectivity index (χ1) is 7.22. The quantitative estimate of drug-likeness (QED) is 0.722. The largest absolute Gasteiger partial charge is 0.383 e. The molecule has 0 aromatic heterocycles. The minimum atomic E-state index is 0.734. The van der Waals surface area contributed by atoms with Gasteiger partial charge in [-0.1, -0.05) is 12.1 Å². The Kier molecular flexibility index (Phi) is 5.15. The van der Waals surface area contributed by atoms with E-state index in [-0.39, 0.29) is 0 Å². The SMILES string of the molecule is COCCNc1cccc(CN(C)C)c1. The molecular weight excluding hydrogens is 188 g/mol. The van der Waals surface area contributed by atoms with Crippen LogP contribution in [0.25, 0.3) is 0 Å². The van der Waals surface area contributed by atoms with E-state index in [2.05, 4.69) is 48.6 Å². The van der Waals surface area contributed by atoms with Gasteiger partial charge in [0.1, 0.15) is 0 Å². The average Bonchev–Trinajstić information content (AvgIpc) is 2.18. The van der Waals surface area contributed by atoms with Crippen LogP contribution in [0.5, 0.6) is 0 Å². The molecule has 1 aromatic rings. The van der Waals surface area contributed by atoms with Crippen LogP contribution in [0.1, 0.15) is 5.56 Å². The van der Waals surface area contributed by atoms with Gasteiger partial charge in [0.15, 0.2) is 0 Å². The number of rotatable bonds is 6. The third-order valence-electron chi connectivity index (χ3n) is 2.06. The van der Waals surface area contributed by atoms with E-state index >= 15 is 0 Å². The highest BCUT2D eigenvalue weighted by atomic mass is 16.5. The van der Waals surface area contributed by atoms with Gasteiger partial charge in [-0.25, -0.2) is 0 Å². The molecule has 0 unspecified atom stereocenters. The van der Waals surface area contributed by atoms with Crippen molar-refractivity contribution in [3.05, 3.63) is 29.8 Å². The summed E-state index contributed by atoms with van der Waals surface area (Å²) < 4.78 is 4.99. The third-order valence-corrected chi connectivity index (χ3v) is 2.06. The Morgan fingerprint density at radius 1 is 1.33 bits per heavy atom. The van der Waals surface area contributed by atoms with Crippen molar-refractivity contribution in [2.45, 2.75) is 6.54 Å². The molecule has 1 rings (SSSR count). The first kappa shape index (κ1) is 12.0. The number of ether oxygens (including phenoxy) is 1. The first-order valence-electron chi connectivity index (χ1n) is 5.19. The van der Waals surface area contributed by atoms with Crippen molar-refractivity contribution in [2.24, 2.45) is 0 Å². The van der Waals surface area contributed by atoms with E-state index in [4.69, 9.17) is 4.74 Å². The molecule has 0 radical (unpaired) electrons. The highest BCUT2D eigenvalue weighted by molar-refractivity contribution is 5.45. The predicted molar refractivity (Wildman–Crippen MR) is 64.2 cm³/mol. The minimum absolute atomic E-state index is 0.734. The fourth-order valence-corrected chi connectivity index (χ4v) is 1.44. The summed E-state index contributed by atoms with van der Waals surface area (Å²) in [5.41, 5.74) is 2.48. The lowest BCUT2D eigenvalue weighted by Crippen LogP contribution is -2.11. The van der Waals surface area contributed by atoms with Crippen LogP contribution in [-0.4, -0.2) is 39.3 Å². The van der Waals surface area contributed by atoms with Crippen LogP contribution >= 0.6 is 0 Å². The van der Waals surface area contributed by atoms with Crippen molar-refractivity contribution in [3.8, 4) is 0 Å². The van der Waals surface area contributed by atoms with E-state index in [0.29, 0.717) is 0 Å². The van der Waals surface area contributed by atoms with Crippen LogP contribution < -0.4 is 5.32 Å². The van der Waals surface area contributed by atoms with Gasteiger partial charge in [-0.2, -0.15) is 0 Å². The average molecular weight is 208 g/mol. The lowest BCUT2D eigenvalue weighted by Gasteiger charge is -2.11. The molecule has 0 aliphatic heterocycles. The van der Waals surface area contributed by atoms with E-state index in [9.17, 15) is 0 Å². The van der Waals surface area contributed by atoms with Crippen LogP contribution in [0.2, 0.25) is 0 Å². The van der Waals surface area contributed by atoms with Crippen molar-refractivity contribution in [1.29, 1.82) is 0 Å². The van der Waals surface area contributed by atoms with Gasteiger partial charge >= 0.3 is 0 Å². The number of anilines is 1. The number of hydrogen-bond acceptors (Lipinski definition) is 3. The molecule has 0 heterocycles. The molecule has 0 saturated heterocycles. The second-order valence-corrected chi connectivity index (χ2v) is 3.86. The van der Waals surface area contributed by atoms with Gasteiger partial charge in [0.25, 0.3) is 0 Å². The van der Waals surface area contributed by atoms with Crippen molar-refractivity contribution in [2.75, 3.05) is 39.7 Å². The molecule has 1 N–H and O–H groups in total. The van der Waals surface area contributed by atoms with Gasteiger partial charge in [0, 0.05) is 25.9 Å². The smallest absolute Gasteiger partial charge is 0.0635 e. The lowest BCUT2D eigenvalue weighted by molar-refractivity contribution is 0.211. The second-order valence-electron chi connectivity index (χ2n) is 3.86. The van der Waals surface area contributed by atoms with Crippen molar-refractivity contribution in [1.82, 2.24) is 4.90 Å². The maximum Gasteiger partial charge on any atom is 0.0635 e. The monoisotopic (exact) mass is 208 g/mol. The van der Waals surface area contributed by atoms with Crippen LogP contribution in [-0.2, 0) is 11.3 Å². The number of methoxy groups -OCH3 is 1. The maximum absolute atomic E-state index is 4.99. The molecule has 0 bridgehead atoms. The van der Waals surface area contributed by atoms with Gasteiger partial charge in [0.2, 0.25) is 0 Å². The molecule has 0 aliphatic carbocycles. The molecule has 15 heavy (non-hydrogen) atoms. The summed E-state index contributed by atoms with van der Waals surface area (Å²) in [6.07, 6.45) is 0. The summed E-state index contributed by atoms with van der Waals surface area (Å²) in [6.45, 7) is 2.56. The predicted octanol–water partition coefficient (Wildman–Crippen LogP) is 1.81. The molecule has 0 aliphatic rings. The van der Waals surface area contributed by atoms with Crippen LogP contribution in [0.3, 0.4) is 0 Å². The molecule has 0 fully saturated rings. The van der Waals surface area contributed by atoms with Crippen molar-refractivity contribution in [3.63, 3.8) is 0 Å². The topological polar surface area (TPSA) is 24.5 Å². The molecule has 1 aromatic carbocycles. The zero-order valence-corrected chi connectivity index (χ0v) is 9.79. The Hall–Kier alpha value is -1.06. The Labute approximate surface area is 92.0 Å². The van der Waals surface area contributed by atoms with Gasteiger partial charge in [-0.3, -0.25) is 0 Å². The number of nitrogens with one attached hydrogen (secondary N) is 1. The molecule has 3 heteroatoms. The van der Waals surface area contributed by atoms with Crippen LogP contribution in [0.4, 0.5) is 5.69 Å². The number of benzene rings is 1. The van der Waals surface area contributed by atoms with Crippen LogP contribution in [0.15, 0.2) is 24.3 Å². The fourth-order valence-electron chi connectivity index (χ4n) is 1.44. The van der Waals surface area contributed by atoms with E-state index in [1.54, 1.807) is 7.11 Å². The summed E-state index contributed by atoms with van der Waals surface area (Å²) in [6, 6.07) is 8.47. The Bertz CT molecular complexity index is 287. The van der Waals surface area contributed by atoms with E-state index < -0.39 is 0 Å². The molecular formula is C12H20N2O. The third kappa shape index (κ3) is 4.81. The molecule has 0 spiro atoms. The highest BCUT2D eigenvalue weighted by Crippen LogP contribution is 2.11. The summed E-state index contributed by atoms with van der Waals surface area (Å²) in [5, 5.41) is 3.32. The maximum atomic E-state index is 4.99.